The predicted molar refractivity (Wildman–Crippen MR) is 106 cm³/mol. The van der Waals surface area contributed by atoms with Gasteiger partial charge in [0.1, 0.15) is 11.1 Å². The molecule has 0 spiro atoms. The van der Waals surface area contributed by atoms with Crippen molar-refractivity contribution in [1.82, 2.24) is 9.78 Å². The molecule has 0 atom stereocenters. The quantitative estimate of drug-likeness (QED) is 0.347. The standard InChI is InChI=1S/C20H21N3O6/c1-4-27-28-12-17-16(11-15-9-10-18(29-15)22(2)3)19(24)23(21-17)14-7-5-13(6-8-14)20(25)26/h5-12,21H,4H2,1-3H3,(H,25,26). The third-order valence-electron chi connectivity index (χ3n) is 4.02. The van der Waals surface area contributed by atoms with E-state index in [9.17, 15) is 9.59 Å². The Balaban J connectivity index is 2.13. The highest BCUT2D eigenvalue weighted by Gasteiger charge is 2.09. The lowest BCUT2D eigenvalue weighted by Gasteiger charge is -2.05. The van der Waals surface area contributed by atoms with E-state index in [0.717, 1.165) is 0 Å². The second-order valence-electron chi connectivity index (χ2n) is 6.27. The van der Waals surface area contributed by atoms with Gasteiger partial charge in [-0.25, -0.2) is 9.48 Å². The minimum atomic E-state index is -1.04. The van der Waals surface area contributed by atoms with Crippen molar-refractivity contribution >= 4 is 24.2 Å². The smallest absolute Gasteiger partial charge is 0.335 e. The first-order chi connectivity index (χ1) is 13.9. The Hall–Kier alpha value is -3.72. The summed E-state index contributed by atoms with van der Waals surface area (Å²) in [5.41, 5.74) is 0.236. The molecule has 2 aromatic heterocycles. The number of aromatic nitrogens is 2. The second-order valence-corrected chi connectivity index (χ2v) is 6.27. The number of anilines is 1. The number of nitrogens with one attached hydrogen (secondary N) is 1. The largest absolute Gasteiger partial charge is 0.478 e. The first-order valence-electron chi connectivity index (χ1n) is 8.83. The molecule has 0 saturated carbocycles. The molecule has 0 aliphatic heterocycles. The summed E-state index contributed by atoms with van der Waals surface area (Å²) in [6.45, 7) is 2.10. The van der Waals surface area contributed by atoms with Gasteiger partial charge in [-0.05, 0) is 43.3 Å². The van der Waals surface area contributed by atoms with Gasteiger partial charge in [-0.2, -0.15) is 4.89 Å². The Bertz CT molecular complexity index is 1170. The van der Waals surface area contributed by atoms with Crippen LogP contribution in [0.1, 0.15) is 23.0 Å². The Morgan fingerprint density at radius 3 is 2.55 bits per heavy atom. The lowest BCUT2D eigenvalue weighted by Crippen LogP contribution is -2.34. The monoisotopic (exact) mass is 399 g/mol. The average Bonchev–Trinajstić information content (AvgIpc) is 3.29. The predicted octanol–water partition coefficient (Wildman–Crippen LogP) is 1.06. The van der Waals surface area contributed by atoms with E-state index in [1.54, 1.807) is 25.1 Å². The number of aromatic amines is 1. The first kappa shape index (κ1) is 20.0. The lowest BCUT2D eigenvalue weighted by atomic mass is 10.2. The summed E-state index contributed by atoms with van der Waals surface area (Å²) >= 11 is 0. The Kier molecular flexibility index (Phi) is 5.89. The first-order valence-corrected chi connectivity index (χ1v) is 8.83. The molecule has 0 saturated heterocycles. The number of furan rings is 1. The van der Waals surface area contributed by atoms with E-state index in [4.69, 9.17) is 19.3 Å². The van der Waals surface area contributed by atoms with Crippen molar-refractivity contribution in [2.24, 2.45) is 0 Å². The van der Waals surface area contributed by atoms with Crippen molar-refractivity contribution in [2.75, 3.05) is 25.6 Å². The molecule has 0 fully saturated rings. The maximum atomic E-state index is 13.0. The second kappa shape index (κ2) is 8.53. The van der Waals surface area contributed by atoms with Gasteiger partial charge in [0.05, 0.1) is 23.1 Å². The van der Waals surface area contributed by atoms with Crippen LogP contribution in [0.3, 0.4) is 0 Å². The summed E-state index contributed by atoms with van der Waals surface area (Å²) in [6, 6.07) is 9.46. The third-order valence-corrected chi connectivity index (χ3v) is 4.02. The summed E-state index contributed by atoms with van der Waals surface area (Å²) in [7, 11) is 3.70. The zero-order chi connectivity index (χ0) is 21.0. The van der Waals surface area contributed by atoms with E-state index in [0.29, 0.717) is 34.5 Å². The number of H-pyrrole nitrogens is 1. The van der Waals surface area contributed by atoms with E-state index in [-0.39, 0.29) is 11.1 Å². The molecular weight excluding hydrogens is 378 g/mol. The molecular formula is C20H21N3O6. The van der Waals surface area contributed by atoms with Gasteiger partial charge in [-0.15, -0.1) is 0 Å². The fourth-order valence-electron chi connectivity index (χ4n) is 2.58. The van der Waals surface area contributed by atoms with Crippen LogP contribution in [0, 0.1) is 0 Å². The molecule has 9 heteroatoms. The van der Waals surface area contributed by atoms with Crippen molar-refractivity contribution < 1.29 is 24.1 Å². The van der Waals surface area contributed by atoms with Crippen LogP contribution < -0.4 is 21.0 Å². The van der Waals surface area contributed by atoms with Crippen LogP contribution in [-0.2, 0) is 9.78 Å². The van der Waals surface area contributed by atoms with Crippen LogP contribution in [0.25, 0.3) is 18.0 Å². The van der Waals surface area contributed by atoms with Gasteiger partial charge in [0.15, 0.2) is 12.1 Å². The highest BCUT2D eigenvalue weighted by molar-refractivity contribution is 5.87. The van der Waals surface area contributed by atoms with E-state index < -0.39 is 5.97 Å². The van der Waals surface area contributed by atoms with Gasteiger partial charge in [0.2, 0.25) is 0 Å². The number of hydrogen-bond donors (Lipinski definition) is 2. The van der Waals surface area contributed by atoms with Crippen molar-refractivity contribution in [3.05, 3.63) is 68.6 Å². The van der Waals surface area contributed by atoms with Crippen LogP contribution in [0.2, 0.25) is 0 Å². The molecule has 9 nitrogen and oxygen atoms in total. The van der Waals surface area contributed by atoms with Crippen molar-refractivity contribution in [2.45, 2.75) is 6.92 Å². The molecule has 2 N–H and O–H groups in total. The number of carboxylic acid groups (broad SMARTS) is 1. The van der Waals surface area contributed by atoms with E-state index in [2.05, 4.69) is 5.10 Å². The highest BCUT2D eigenvalue weighted by atomic mass is 17.2. The van der Waals surface area contributed by atoms with Gasteiger partial charge >= 0.3 is 5.97 Å². The molecule has 152 valence electrons. The topological polar surface area (TPSA) is 110 Å². The van der Waals surface area contributed by atoms with Gasteiger partial charge in [0.25, 0.3) is 5.56 Å². The van der Waals surface area contributed by atoms with E-state index in [1.165, 1.54) is 35.2 Å². The Labute approximate surface area is 165 Å². The minimum Gasteiger partial charge on any atom is -0.478 e. The summed E-state index contributed by atoms with van der Waals surface area (Å²) in [5.74, 6) is 0.0924. The normalized spacial score (nSPS) is 12.4. The molecule has 2 heterocycles. The molecule has 0 radical (unpaired) electrons. The molecule has 0 bridgehead atoms. The van der Waals surface area contributed by atoms with E-state index in [1.807, 2.05) is 19.0 Å². The molecule has 29 heavy (non-hydrogen) atoms. The van der Waals surface area contributed by atoms with Crippen LogP contribution >= 0.6 is 0 Å². The maximum absolute atomic E-state index is 13.0. The van der Waals surface area contributed by atoms with Gasteiger partial charge in [-0.1, -0.05) is 0 Å². The average molecular weight is 399 g/mol. The molecule has 1 aromatic carbocycles. The third kappa shape index (κ3) is 4.41. The van der Waals surface area contributed by atoms with Crippen LogP contribution in [0.5, 0.6) is 0 Å². The fourth-order valence-corrected chi connectivity index (χ4v) is 2.58. The zero-order valence-electron chi connectivity index (χ0n) is 16.2. The molecule has 0 aliphatic carbocycles. The summed E-state index contributed by atoms with van der Waals surface area (Å²) in [6.07, 6.45) is 2.88. The summed E-state index contributed by atoms with van der Waals surface area (Å²) < 4.78 is 6.98. The number of hydrogen-bond acceptors (Lipinski definition) is 6. The molecule has 3 aromatic rings. The number of carbonyl (C=O) groups is 1. The Morgan fingerprint density at radius 2 is 1.97 bits per heavy atom. The summed E-state index contributed by atoms with van der Waals surface area (Å²) in [5, 5.41) is 12.6. The SMILES string of the molecule is CCOOC=c1[nH]n(-c2ccc(C(=O)O)cc2)c(=O)c1=Cc1ccc(N(C)C)o1. The van der Waals surface area contributed by atoms with Gasteiger partial charge in [0, 0.05) is 20.2 Å². The van der Waals surface area contributed by atoms with Crippen LogP contribution in [0.4, 0.5) is 5.88 Å². The lowest BCUT2D eigenvalue weighted by molar-refractivity contribution is -0.224. The van der Waals surface area contributed by atoms with Crippen LogP contribution in [-0.4, -0.2) is 41.6 Å². The highest BCUT2D eigenvalue weighted by Crippen LogP contribution is 2.15. The number of aromatic carboxylic acids is 1. The number of benzene rings is 1. The maximum Gasteiger partial charge on any atom is 0.335 e. The number of nitrogens with zero attached hydrogens (tertiary/aromatic N) is 2. The van der Waals surface area contributed by atoms with Gasteiger partial charge in [-0.3, -0.25) is 9.89 Å². The summed E-state index contributed by atoms with van der Waals surface area (Å²) in [4.78, 5) is 35.7. The van der Waals surface area contributed by atoms with Crippen molar-refractivity contribution in [3.63, 3.8) is 0 Å². The van der Waals surface area contributed by atoms with Crippen molar-refractivity contribution in [3.8, 4) is 5.69 Å². The van der Waals surface area contributed by atoms with Crippen LogP contribution in [0.15, 0.2) is 45.6 Å². The zero-order valence-corrected chi connectivity index (χ0v) is 16.2. The minimum absolute atomic E-state index is 0.124. The number of rotatable bonds is 7. The number of carboxylic acids is 1. The van der Waals surface area contributed by atoms with Gasteiger partial charge < -0.3 is 19.3 Å². The molecule has 3 rings (SSSR count). The Morgan fingerprint density at radius 1 is 1.24 bits per heavy atom. The molecule has 0 unspecified atom stereocenters. The molecule has 0 aliphatic rings. The van der Waals surface area contributed by atoms with Crippen molar-refractivity contribution in [1.29, 1.82) is 0 Å². The molecule has 0 amide bonds. The fraction of sp³-hybridized carbons (Fsp3) is 0.200. The van der Waals surface area contributed by atoms with E-state index >= 15 is 0 Å².